The monoisotopic (exact) mass is 397 g/mol. The van der Waals surface area contributed by atoms with Crippen molar-refractivity contribution >= 4 is 29.5 Å². The number of nitrogens with two attached hydrogens (primary N) is 1. The zero-order valence-corrected chi connectivity index (χ0v) is 16.4. The van der Waals surface area contributed by atoms with Crippen molar-refractivity contribution in [2.75, 3.05) is 11.9 Å². The molecule has 2 rings (SSSR count). The Labute approximate surface area is 168 Å². The van der Waals surface area contributed by atoms with Gasteiger partial charge in [-0.1, -0.05) is 44.2 Å². The summed E-state index contributed by atoms with van der Waals surface area (Å²) in [6, 6.07) is 14.1. The molecule has 29 heavy (non-hydrogen) atoms. The molecule has 0 aliphatic carbocycles. The van der Waals surface area contributed by atoms with Crippen LogP contribution in [0.15, 0.2) is 54.6 Å². The third-order valence-corrected chi connectivity index (χ3v) is 4.17. The van der Waals surface area contributed by atoms with Gasteiger partial charge in [0.25, 0.3) is 11.8 Å². The topological polar surface area (TPSA) is 119 Å². The second-order valence-corrected chi connectivity index (χ2v) is 6.67. The number of anilines is 1. The van der Waals surface area contributed by atoms with E-state index in [1.54, 1.807) is 57.3 Å². The molecule has 8 heteroatoms. The lowest BCUT2D eigenvalue weighted by Crippen LogP contribution is -2.45. The Morgan fingerprint density at radius 3 is 2.03 bits per heavy atom. The van der Waals surface area contributed by atoms with Gasteiger partial charge in [-0.3, -0.25) is 14.9 Å². The van der Waals surface area contributed by atoms with Crippen molar-refractivity contribution in [1.82, 2.24) is 5.32 Å². The molecule has 0 heterocycles. The molecule has 0 aromatic heterocycles. The van der Waals surface area contributed by atoms with Gasteiger partial charge in [-0.25, -0.2) is 9.59 Å². The molecule has 152 valence electrons. The minimum Gasteiger partial charge on any atom is -0.448 e. The Morgan fingerprint density at radius 1 is 0.931 bits per heavy atom. The summed E-state index contributed by atoms with van der Waals surface area (Å²) in [5.74, 6) is -2.51. The number of urea groups is 1. The second-order valence-electron chi connectivity index (χ2n) is 6.67. The SMILES string of the molecule is CC(C)C(OC(=O)c1ccccc1C(=O)N(C)c1ccccc1)C(=O)NC(N)=O. The Bertz CT molecular complexity index is 912. The molecule has 1 unspecified atom stereocenters. The van der Waals surface area contributed by atoms with Gasteiger partial charge in [-0.15, -0.1) is 0 Å². The van der Waals surface area contributed by atoms with Gasteiger partial charge in [0.15, 0.2) is 6.10 Å². The molecule has 1 atom stereocenters. The highest BCUT2D eigenvalue weighted by Gasteiger charge is 2.30. The van der Waals surface area contributed by atoms with Crippen LogP contribution in [-0.2, 0) is 9.53 Å². The van der Waals surface area contributed by atoms with Crippen LogP contribution >= 0.6 is 0 Å². The Morgan fingerprint density at radius 2 is 1.48 bits per heavy atom. The highest BCUT2D eigenvalue weighted by molar-refractivity contribution is 6.12. The van der Waals surface area contributed by atoms with Crippen LogP contribution in [0.1, 0.15) is 34.6 Å². The maximum absolute atomic E-state index is 12.9. The summed E-state index contributed by atoms with van der Waals surface area (Å²) < 4.78 is 5.31. The van der Waals surface area contributed by atoms with Crippen LogP contribution in [0, 0.1) is 5.92 Å². The van der Waals surface area contributed by atoms with E-state index in [1.165, 1.54) is 17.0 Å². The molecule has 0 aliphatic rings. The standard InChI is InChI=1S/C21H23N3O5/c1-13(2)17(18(25)23-21(22)28)29-20(27)16-12-8-7-11-15(16)19(26)24(3)14-9-5-4-6-10-14/h4-13,17H,1-3H3,(H3,22,23,25,28). The molecular weight excluding hydrogens is 374 g/mol. The van der Waals surface area contributed by atoms with Crippen LogP contribution in [0.2, 0.25) is 0 Å². The number of primary amides is 1. The van der Waals surface area contributed by atoms with Crippen molar-refractivity contribution in [3.05, 3.63) is 65.7 Å². The van der Waals surface area contributed by atoms with Gasteiger partial charge >= 0.3 is 12.0 Å². The van der Waals surface area contributed by atoms with E-state index in [9.17, 15) is 19.2 Å². The second kappa shape index (κ2) is 9.50. The fourth-order valence-electron chi connectivity index (χ4n) is 2.66. The number of rotatable bonds is 6. The number of amides is 4. The number of nitrogens with one attached hydrogen (secondary N) is 1. The van der Waals surface area contributed by atoms with Gasteiger partial charge in [0, 0.05) is 12.7 Å². The number of carbonyl (C=O) groups is 4. The largest absolute Gasteiger partial charge is 0.448 e. The van der Waals surface area contributed by atoms with Crippen molar-refractivity contribution in [3.63, 3.8) is 0 Å². The molecule has 0 fully saturated rings. The van der Waals surface area contributed by atoms with Gasteiger partial charge < -0.3 is 15.4 Å². The Balaban J connectivity index is 2.29. The van der Waals surface area contributed by atoms with E-state index in [-0.39, 0.29) is 11.1 Å². The van der Waals surface area contributed by atoms with E-state index in [0.717, 1.165) is 0 Å². The van der Waals surface area contributed by atoms with Crippen LogP contribution in [0.25, 0.3) is 0 Å². The van der Waals surface area contributed by atoms with Crippen molar-refractivity contribution < 1.29 is 23.9 Å². The highest BCUT2D eigenvalue weighted by atomic mass is 16.5. The predicted molar refractivity (Wildman–Crippen MR) is 107 cm³/mol. The summed E-state index contributed by atoms with van der Waals surface area (Å²) in [7, 11) is 1.59. The van der Waals surface area contributed by atoms with E-state index in [0.29, 0.717) is 5.69 Å². The first-order chi connectivity index (χ1) is 13.7. The van der Waals surface area contributed by atoms with Gasteiger partial charge in [-0.2, -0.15) is 0 Å². The van der Waals surface area contributed by atoms with E-state index >= 15 is 0 Å². The lowest BCUT2D eigenvalue weighted by Gasteiger charge is -2.22. The molecular formula is C21H23N3O5. The Hall–Kier alpha value is -3.68. The smallest absolute Gasteiger partial charge is 0.339 e. The Kier molecular flexibility index (Phi) is 7.08. The quantitative estimate of drug-likeness (QED) is 0.725. The number of nitrogens with zero attached hydrogens (tertiary/aromatic N) is 1. The molecule has 2 aromatic carbocycles. The first-order valence-corrected chi connectivity index (χ1v) is 8.95. The van der Waals surface area contributed by atoms with Crippen LogP contribution in [0.5, 0.6) is 0 Å². The fraction of sp³-hybridized carbons (Fsp3) is 0.238. The molecule has 0 saturated carbocycles. The normalized spacial score (nSPS) is 11.4. The minimum atomic E-state index is -1.25. The lowest BCUT2D eigenvalue weighted by atomic mass is 10.0. The van der Waals surface area contributed by atoms with Crippen LogP contribution in [-0.4, -0.2) is 37.0 Å². The molecule has 2 aromatic rings. The van der Waals surface area contributed by atoms with E-state index in [1.807, 2.05) is 11.4 Å². The summed E-state index contributed by atoms with van der Waals surface area (Å²) in [5.41, 5.74) is 5.76. The van der Waals surface area contributed by atoms with Gasteiger partial charge in [0.1, 0.15) is 0 Å². The number of carbonyl (C=O) groups excluding carboxylic acids is 4. The summed E-state index contributed by atoms with van der Waals surface area (Å²) >= 11 is 0. The first-order valence-electron chi connectivity index (χ1n) is 8.95. The minimum absolute atomic E-state index is 0.0119. The van der Waals surface area contributed by atoms with Crippen LogP contribution in [0.4, 0.5) is 10.5 Å². The maximum Gasteiger partial charge on any atom is 0.339 e. The third kappa shape index (κ3) is 5.41. The van der Waals surface area contributed by atoms with Crippen LogP contribution in [0.3, 0.4) is 0 Å². The molecule has 0 bridgehead atoms. The average molecular weight is 397 g/mol. The molecule has 4 amide bonds. The van der Waals surface area contributed by atoms with E-state index < -0.39 is 35.8 Å². The van der Waals surface area contributed by atoms with Gasteiger partial charge in [0.05, 0.1) is 11.1 Å². The van der Waals surface area contributed by atoms with E-state index in [2.05, 4.69) is 0 Å². The summed E-state index contributed by atoms with van der Waals surface area (Å²) in [5, 5.41) is 1.91. The van der Waals surface area contributed by atoms with E-state index in [4.69, 9.17) is 10.5 Å². The third-order valence-electron chi connectivity index (χ3n) is 4.17. The molecule has 0 radical (unpaired) electrons. The number of ether oxygens (including phenoxy) is 1. The molecule has 0 saturated heterocycles. The predicted octanol–water partition coefficient (Wildman–Crippen LogP) is 2.34. The summed E-state index contributed by atoms with van der Waals surface area (Å²) in [4.78, 5) is 50.2. The van der Waals surface area contributed by atoms with Gasteiger partial charge in [-0.05, 0) is 30.2 Å². The lowest BCUT2D eigenvalue weighted by molar-refractivity contribution is -0.130. The zero-order chi connectivity index (χ0) is 21.6. The first kappa shape index (κ1) is 21.6. The van der Waals surface area contributed by atoms with Crippen molar-refractivity contribution in [2.45, 2.75) is 20.0 Å². The van der Waals surface area contributed by atoms with Crippen LogP contribution < -0.4 is 16.0 Å². The van der Waals surface area contributed by atoms with Crippen molar-refractivity contribution in [1.29, 1.82) is 0 Å². The van der Waals surface area contributed by atoms with Crippen molar-refractivity contribution in [2.24, 2.45) is 11.7 Å². The number of benzene rings is 2. The number of imide groups is 1. The number of esters is 1. The fourth-order valence-corrected chi connectivity index (χ4v) is 2.66. The number of hydrogen-bond donors (Lipinski definition) is 2. The van der Waals surface area contributed by atoms with Crippen molar-refractivity contribution in [3.8, 4) is 0 Å². The molecule has 8 nitrogen and oxygen atoms in total. The molecule has 3 N–H and O–H groups in total. The molecule has 0 spiro atoms. The number of para-hydroxylation sites is 1. The zero-order valence-electron chi connectivity index (χ0n) is 16.4. The summed E-state index contributed by atoms with van der Waals surface area (Å²) in [6.45, 7) is 3.30. The number of hydrogen-bond acceptors (Lipinski definition) is 5. The maximum atomic E-state index is 12.9. The average Bonchev–Trinajstić information content (AvgIpc) is 2.70. The molecule has 0 aliphatic heterocycles. The summed E-state index contributed by atoms with van der Waals surface area (Å²) in [6.07, 6.45) is -1.25. The highest BCUT2D eigenvalue weighted by Crippen LogP contribution is 2.19. The van der Waals surface area contributed by atoms with Gasteiger partial charge in [0.2, 0.25) is 0 Å².